The number of nitrogens with one attached hydrogen (secondary N) is 1. The molecule has 1 atom stereocenters. The van der Waals surface area contributed by atoms with Crippen molar-refractivity contribution in [2.75, 3.05) is 13.2 Å². The highest BCUT2D eigenvalue weighted by Crippen LogP contribution is 2.34. The van der Waals surface area contributed by atoms with E-state index in [1.807, 2.05) is 45.0 Å². The Bertz CT molecular complexity index is 700. The molecule has 0 fully saturated rings. The predicted octanol–water partition coefficient (Wildman–Crippen LogP) is 4.52. The Kier molecular flexibility index (Phi) is 8.04. The van der Waals surface area contributed by atoms with Gasteiger partial charge in [0, 0.05) is 16.9 Å². The van der Waals surface area contributed by atoms with Crippen molar-refractivity contribution in [2.45, 2.75) is 46.1 Å². The fourth-order valence-electron chi connectivity index (χ4n) is 2.63. The molecule has 1 N–H and O–H groups in total. The first-order chi connectivity index (χ1) is 12.5. The lowest BCUT2D eigenvalue weighted by Crippen LogP contribution is -2.34. The van der Waals surface area contributed by atoms with Crippen LogP contribution in [-0.2, 0) is 17.6 Å². The molecule has 1 heterocycles. The zero-order chi connectivity index (χ0) is 18.9. The minimum atomic E-state index is -0.0238. The van der Waals surface area contributed by atoms with Crippen LogP contribution >= 0.6 is 15.9 Å². The standard InChI is InChI=1S/C20H26BrNO4/c1-4-24-18-11-15(17(21)13-19(18)25-5-2)12-20(23)22-14(3)8-9-16-7-6-10-26-16/h6-7,10-11,13-14H,4-5,8-9,12H2,1-3H3,(H,22,23). The molecule has 0 saturated carbocycles. The van der Waals surface area contributed by atoms with Gasteiger partial charge < -0.3 is 19.2 Å². The number of hydrogen-bond donors (Lipinski definition) is 1. The average molecular weight is 424 g/mol. The molecule has 0 bridgehead atoms. The maximum atomic E-state index is 12.4. The van der Waals surface area contributed by atoms with E-state index >= 15 is 0 Å². The summed E-state index contributed by atoms with van der Waals surface area (Å²) in [6.07, 6.45) is 3.57. The second-order valence-corrected chi connectivity index (χ2v) is 6.87. The Morgan fingerprint density at radius 3 is 2.54 bits per heavy atom. The summed E-state index contributed by atoms with van der Waals surface area (Å²) in [7, 11) is 0. The van der Waals surface area contributed by atoms with Crippen LogP contribution in [0.1, 0.15) is 38.5 Å². The normalized spacial score (nSPS) is 11.8. The molecule has 6 heteroatoms. The number of halogens is 1. The van der Waals surface area contributed by atoms with Crippen LogP contribution in [0.4, 0.5) is 0 Å². The molecule has 1 aromatic carbocycles. The highest BCUT2D eigenvalue weighted by atomic mass is 79.9. The van der Waals surface area contributed by atoms with Crippen LogP contribution in [0.15, 0.2) is 39.4 Å². The minimum Gasteiger partial charge on any atom is -0.490 e. The monoisotopic (exact) mass is 423 g/mol. The number of carbonyl (C=O) groups is 1. The summed E-state index contributed by atoms with van der Waals surface area (Å²) < 4.78 is 17.4. The van der Waals surface area contributed by atoms with E-state index < -0.39 is 0 Å². The van der Waals surface area contributed by atoms with E-state index in [1.165, 1.54) is 0 Å². The summed E-state index contributed by atoms with van der Waals surface area (Å²) in [5.41, 5.74) is 0.868. The first-order valence-electron chi connectivity index (χ1n) is 8.93. The van der Waals surface area contributed by atoms with Gasteiger partial charge in [-0.15, -0.1) is 0 Å². The van der Waals surface area contributed by atoms with E-state index in [-0.39, 0.29) is 18.4 Å². The lowest BCUT2D eigenvalue weighted by atomic mass is 10.1. The lowest BCUT2D eigenvalue weighted by molar-refractivity contribution is -0.121. The van der Waals surface area contributed by atoms with E-state index in [2.05, 4.69) is 21.2 Å². The van der Waals surface area contributed by atoms with Gasteiger partial charge in [0.15, 0.2) is 11.5 Å². The third-order valence-corrected chi connectivity index (χ3v) is 4.61. The molecule has 26 heavy (non-hydrogen) atoms. The number of furan rings is 1. The number of amides is 1. The number of hydrogen-bond acceptors (Lipinski definition) is 4. The van der Waals surface area contributed by atoms with Gasteiger partial charge >= 0.3 is 0 Å². The second-order valence-electron chi connectivity index (χ2n) is 6.02. The molecule has 0 aliphatic carbocycles. The van der Waals surface area contributed by atoms with Crippen LogP contribution in [-0.4, -0.2) is 25.2 Å². The van der Waals surface area contributed by atoms with Crippen molar-refractivity contribution < 1.29 is 18.7 Å². The van der Waals surface area contributed by atoms with E-state index in [0.717, 1.165) is 28.6 Å². The van der Waals surface area contributed by atoms with Crippen molar-refractivity contribution in [3.63, 3.8) is 0 Å². The number of ether oxygens (including phenoxy) is 2. The highest BCUT2D eigenvalue weighted by Gasteiger charge is 2.15. The molecule has 1 aromatic heterocycles. The number of benzene rings is 1. The first kappa shape index (κ1) is 20.4. The fourth-order valence-corrected chi connectivity index (χ4v) is 3.10. The Balaban J connectivity index is 1.95. The topological polar surface area (TPSA) is 60.7 Å². The molecule has 0 aliphatic rings. The van der Waals surface area contributed by atoms with Crippen LogP contribution in [0.2, 0.25) is 0 Å². The van der Waals surface area contributed by atoms with Gasteiger partial charge in [-0.05, 0) is 57.0 Å². The van der Waals surface area contributed by atoms with Gasteiger partial charge in [0.05, 0.1) is 25.9 Å². The molecule has 2 rings (SSSR count). The summed E-state index contributed by atoms with van der Waals surface area (Å²) in [4.78, 5) is 12.4. The molecule has 0 spiro atoms. The number of aryl methyl sites for hydroxylation is 1. The van der Waals surface area contributed by atoms with Crippen LogP contribution in [0, 0.1) is 0 Å². The molecule has 5 nitrogen and oxygen atoms in total. The molecule has 0 aliphatic heterocycles. The fraction of sp³-hybridized carbons (Fsp3) is 0.450. The maximum absolute atomic E-state index is 12.4. The second kappa shape index (κ2) is 10.3. The van der Waals surface area contributed by atoms with Crippen molar-refractivity contribution >= 4 is 21.8 Å². The summed E-state index contributed by atoms with van der Waals surface area (Å²) in [5.74, 6) is 2.24. The van der Waals surface area contributed by atoms with Crippen molar-refractivity contribution in [1.82, 2.24) is 5.32 Å². The van der Waals surface area contributed by atoms with Crippen molar-refractivity contribution in [2.24, 2.45) is 0 Å². The number of rotatable bonds is 10. The molecule has 142 valence electrons. The summed E-state index contributed by atoms with van der Waals surface area (Å²) in [6, 6.07) is 7.61. The van der Waals surface area contributed by atoms with Gasteiger partial charge in [-0.3, -0.25) is 4.79 Å². The third-order valence-electron chi connectivity index (χ3n) is 3.87. The zero-order valence-corrected chi connectivity index (χ0v) is 17.1. The summed E-state index contributed by atoms with van der Waals surface area (Å²) in [5, 5.41) is 3.04. The predicted molar refractivity (Wildman–Crippen MR) is 105 cm³/mol. The SMILES string of the molecule is CCOc1cc(Br)c(CC(=O)NC(C)CCc2ccco2)cc1OCC. The molecule has 2 aromatic rings. The number of carbonyl (C=O) groups excluding carboxylic acids is 1. The van der Waals surface area contributed by atoms with E-state index in [1.54, 1.807) is 6.26 Å². The van der Waals surface area contributed by atoms with Crippen molar-refractivity contribution in [1.29, 1.82) is 0 Å². The first-order valence-corrected chi connectivity index (χ1v) is 9.72. The van der Waals surface area contributed by atoms with E-state index in [4.69, 9.17) is 13.9 Å². The largest absolute Gasteiger partial charge is 0.490 e. The average Bonchev–Trinajstić information content (AvgIpc) is 3.11. The Morgan fingerprint density at radius 2 is 1.92 bits per heavy atom. The summed E-state index contributed by atoms with van der Waals surface area (Å²) in [6.45, 7) is 6.94. The van der Waals surface area contributed by atoms with Crippen LogP contribution in [0.25, 0.3) is 0 Å². The maximum Gasteiger partial charge on any atom is 0.224 e. The summed E-state index contributed by atoms with van der Waals surface area (Å²) >= 11 is 3.53. The lowest BCUT2D eigenvalue weighted by Gasteiger charge is -2.16. The van der Waals surface area contributed by atoms with Crippen LogP contribution in [0.5, 0.6) is 11.5 Å². The van der Waals surface area contributed by atoms with Gasteiger partial charge in [-0.2, -0.15) is 0 Å². The molecule has 1 unspecified atom stereocenters. The third kappa shape index (κ3) is 6.09. The smallest absolute Gasteiger partial charge is 0.224 e. The Hall–Kier alpha value is -1.95. The molecule has 0 radical (unpaired) electrons. The minimum absolute atomic E-state index is 0.0238. The van der Waals surface area contributed by atoms with Gasteiger partial charge in [0.25, 0.3) is 0 Å². The van der Waals surface area contributed by atoms with Crippen LogP contribution in [0.3, 0.4) is 0 Å². The van der Waals surface area contributed by atoms with Crippen molar-refractivity contribution in [3.8, 4) is 11.5 Å². The highest BCUT2D eigenvalue weighted by molar-refractivity contribution is 9.10. The molecule has 1 amide bonds. The van der Waals surface area contributed by atoms with Gasteiger partial charge in [0.2, 0.25) is 5.91 Å². The van der Waals surface area contributed by atoms with Gasteiger partial charge in [-0.1, -0.05) is 15.9 Å². The van der Waals surface area contributed by atoms with E-state index in [0.29, 0.717) is 24.7 Å². The molecular formula is C20H26BrNO4. The zero-order valence-electron chi connectivity index (χ0n) is 15.5. The van der Waals surface area contributed by atoms with Crippen LogP contribution < -0.4 is 14.8 Å². The van der Waals surface area contributed by atoms with Gasteiger partial charge in [-0.25, -0.2) is 0 Å². The Morgan fingerprint density at radius 1 is 1.23 bits per heavy atom. The molecular weight excluding hydrogens is 398 g/mol. The Labute approximate surface area is 163 Å². The molecule has 0 saturated heterocycles. The quantitative estimate of drug-likeness (QED) is 0.609. The van der Waals surface area contributed by atoms with E-state index in [9.17, 15) is 4.79 Å². The van der Waals surface area contributed by atoms with Crippen molar-refractivity contribution in [3.05, 3.63) is 46.3 Å². The van der Waals surface area contributed by atoms with Gasteiger partial charge in [0.1, 0.15) is 5.76 Å².